The van der Waals surface area contributed by atoms with E-state index in [9.17, 15) is 8.78 Å². The molecule has 0 aliphatic rings. The zero-order valence-corrected chi connectivity index (χ0v) is 9.35. The molecule has 0 saturated heterocycles. The summed E-state index contributed by atoms with van der Waals surface area (Å²) in [7, 11) is 0. The van der Waals surface area contributed by atoms with Crippen LogP contribution in [0.15, 0.2) is 36.4 Å². The minimum absolute atomic E-state index is 0.498. The van der Waals surface area contributed by atoms with Crippen LogP contribution in [0.2, 0.25) is 5.02 Å². The molecule has 0 aliphatic heterocycles. The van der Waals surface area contributed by atoms with E-state index in [0.29, 0.717) is 10.6 Å². The molecule has 0 atom stereocenters. The summed E-state index contributed by atoms with van der Waals surface area (Å²) in [5.41, 5.74) is 2.16. The average Bonchev–Trinajstić information content (AvgIpc) is 2.20. The number of hydrogen-bond acceptors (Lipinski definition) is 0. The summed E-state index contributed by atoms with van der Waals surface area (Å²) < 4.78 is 26.1. The van der Waals surface area contributed by atoms with Crippen LogP contribution in [0.25, 0.3) is 11.1 Å². The Morgan fingerprint density at radius 3 is 2.19 bits per heavy atom. The van der Waals surface area contributed by atoms with Gasteiger partial charge in [-0.1, -0.05) is 17.7 Å². The van der Waals surface area contributed by atoms with Gasteiger partial charge in [-0.2, -0.15) is 0 Å². The summed E-state index contributed by atoms with van der Waals surface area (Å²) in [5, 5.41) is 0.547. The maximum absolute atomic E-state index is 13.1. The van der Waals surface area contributed by atoms with Gasteiger partial charge in [0.25, 0.3) is 0 Å². The van der Waals surface area contributed by atoms with E-state index in [-0.39, 0.29) is 0 Å². The maximum Gasteiger partial charge on any atom is 0.126 e. The van der Waals surface area contributed by atoms with Gasteiger partial charge in [-0.3, -0.25) is 0 Å². The zero-order valence-electron chi connectivity index (χ0n) is 8.60. The van der Waals surface area contributed by atoms with Crippen LogP contribution in [0.1, 0.15) is 5.56 Å². The van der Waals surface area contributed by atoms with Gasteiger partial charge in [0.15, 0.2) is 0 Å². The van der Waals surface area contributed by atoms with Crippen molar-refractivity contribution in [1.29, 1.82) is 0 Å². The molecular weight excluding hydrogens is 230 g/mol. The predicted molar refractivity (Wildman–Crippen MR) is 61.5 cm³/mol. The largest absolute Gasteiger partial charge is 0.207 e. The monoisotopic (exact) mass is 238 g/mol. The van der Waals surface area contributed by atoms with Crippen molar-refractivity contribution in [2.75, 3.05) is 0 Å². The van der Waals surface area contributed by atoms with E-state index in [1.807, 2.05) is 13.0 Å². The third-order valence-corrected chi connectivity index (χ3v) is 2.61. The van der Waals surface area contributed by atoms with Gasteiger partial charge in [0.1, 0.15) is 11.6 Å². The first-order valence-corrected chi connectivity index (χ1v) is 5.16. The lowest BCUT2D eigenvalue weighted by molar-refractivity contribution is 0.584. The molecule has 2 aromatic rings. The van der Waals surface area contributed by atoms with Gasteiger partial charge in [-0.25, -0.2) is 8.78 Å². The molecule has 0 bridgehead atoms. The fourth-order valence-electron chi connectivity index (χ4n) is 1.61. The number of rotatable bonds is 1. The Labute approximate surface area is 97.5 Å². The SMILES string of the molecule is Cc1ccc(Cl)cc1-c1cc(F)cc(F)c1. The Hall–Kier alpha value is -1.41. The summed E-state index contributed by atoms with van der Waals surface area (Å²) in [5.74, 6) is -1.18. The van der Waals surface area contributed by atoms with E-state index >= 15 is 0 Å². The van der Waals surface area contributed by atoms with Crippen LogP contribution < -0.4 is 0 Å². The summed E-state index contributed by atoms with van der Waals surface area (Å²) >= 11 is 5.86. The molecular formula is C13H9ClF2. The number of hydrogen-bond donors (Lipinski definition) is 0. The van der Waals surface area contributed by atoms with E-state index in [4.69, 9.17) is 11.6 Å². The third kappa shape index (κ3) is 2.22. The molecule has 16 heavy (non-hydrogen) atoms. The van der Waals surface area contributed by atoms with E-state index in [1.165, 1.54) is 12.1 Å². The summed E-state index contributed by atoms with van der Waals surface area (Å²) in [6.45, 7) is 1.87. The lowest BCUT2D eigenvalue weighted by Crippen LogP contribution is -1.87. The summed E-state index contributed by atoms with van der Waals surface area (Å²) in [4.78, 5) is 0. The van der Waals surface area contributed by atoms with Crippen LogP contribution in [0.4, 0.5) is 8.78 Å². The summed E-state index contributed by atoms with van der Waals surface area (Å²) in [6.07, 6.45) is 0. The van der Waals surface area contributed by atoms with Crippen molar-refractivity contribution >= 4 is 11.6 Å². The van der Waals surface area contributed by atoms with Crippen molar-refractivity contribution in [2.24, 2.45) is 0 Å². The molecule has 0 saturated carbocycles. The second kappa shape index (κ2) is 4.22. The smallest absolute Gasteiger partial charge is 0.126 e. The molecule has 2 aromatic carbocycles. The molecule has 2 rings (SSSR count). The molecule has 0 aromatic heterocycles. The fraction of sp³-hybridized carbons (Fsp3) is 0.0769. The third-order valence-electron chi connectivity index (χ3n) is 2.37. The Balaban J connectivity index is 2.62. The van der Waals surface area contributed by atoms with Crippen LogP contribution in [-0.4, -0.2) is 0 Å². The van der Waals surface area contributed by atoms with Gasteiger partial charge in [0.2, 0.25) is 0 Å². The Morgan fingerprint density at radius 1 is 0.938 bits per heavy atom. The van der Waals surface area contributed by atoms with E-state index < -0.39 is 11.6 Å². The standard InChI is InChI=1S/C13H9ClF2/c1-8-2-3-10(14)6-13(8)9-4-11(15)7-12(16)5-9/h2-7H,1H3. The Kier molecular flexibility index (Phi) is 2.92. The minimum Gasteiger partial charge on any atom is -0.207 e. The highest BCUT2D eigenvalue weighted by atomic mass is 35.5. The molecule has 82 valence electrons. The van der Waals surface area contributed by atoms with Crippen molar-refractivity contribution in [3.63, 3.8) is 0 Å². The van der Waals surface area contributed by atoms with E-state index in [1.54, 1.807) is 12.1 Å². The van der Waals surface area contributed by atoms with Gasteiger partial charge in [0, 0.05) is 11.1 Å². The van der Waals surface area contributed by atoms with Gasteiger partial charge < -0.3 is 0 Å². The molecule has 0 N–H and O–H groups in total. The van der Waals surface area contributed by atoms with Crippen molar-refractivity contribution in [1.82, 2.24) is 0 Å². The predicted octanol–water partition coefficient (Wildman–Crippen LogP) is 4.59. The topological polar surface area (TPSA) is 0 Å². The molecule has 0 spiro atoms. The second-order valence-corrected chi connectivity index (χ2v) is 4.05. The highest BCUT2D eigenvalue weighted by molar-refractivity contribution is 6.30. The molecule has 0 fully saturated rings. The maximum atomic E-state index is 13.1. The molecule has 0 radical (unpaired) electrons. The van der Waals surface area contributed by atoms with Crippen LogP contribution in [0, 0.1) is 18.6 Å². The van der Waals surface area contributed by atoms with Crippen LogP contribution >= 0.6 is 11.6 Å². The summed E-state index contributed by atoms with van der Waals surface area (Å²) in [6, 6.07) is 8.70. The first kappa shape index (κ1) is 11.1. The van der Waals surface area contributed by atoms with Crippen molar-refractivity contribution in [3.05, 3.63) is 58.6 Å². The Morgan fingerprint density at radius 2 is 1.56 bits per heavy atom. The first-order valence-electron chi connectivity index (χ1n) is 4.79. The lowest BCUT2D eigenvalue weighted by Gasteiger charge is -2.07. The number of benzene rings is 2. The van der Waals surface area contributed by atoms with Crippen LogP contribution in [0.3, 0.4) is 0 Å². The number of halogens is 3. The Bertz CT molecular complexity index is 515. The van der Waals surface area contributed by atoms with E-state index in [0.717, 1.165) is 17.2 Å². The molecule has 0 heterocycles. The van der Waals surface area contributed by atoms with Crippen molar-refractivity contribution < 1.29 is 8.78 Å². The van der Waals surface area contributed by atoms with Gasteiger partial charge in [0.05, 0.1) is 0 Å². The fourth-order valence-corrected chi connectivity index (χ4v) is 1.79. The van der Waals surface area contributed by atoms with Gasteiger partial charge in [-0.15, -0.1) is 0 Å². The van der Waals surface area contributed by atoms with Crippen LogP contribution in [-0.2, 0) is 0 Å². The van der Waals surface area contributed by atoms with Crippen molar-refractivity contribution in [2.45, 2.75) is 6.92 Å². The van der Waals surface area contributed by atoms with Crippen molar-refractivity contribution in [3.8, 4) is 11.1 Å². The molecule has 0 unspecified atom stereocenters. The quantitative estimate of drug-likeness (QED) is 0.682. The first-order chi connectivity index (χ1) is 7.56. The highest BCUT2D eigenvalue weighted by Crippen LogP contribution is 2.27. The average molecular weight is 239 g/mol. The molecule has 0 amide bonds. The molecule has 0 aliphatic carbocycles. The minimum atomic E-state index is -0.589. The second-order valence-electron chi connectivity index (χ2n) is 3.62. The number of aryl methyl sites for hydroxylation is 1. The molecule has 3 heteroatoms. The van der Waals surface area contributed by atoms with Gasteiger partial charge >= 0.3 is 0 Å². The lowest BCUT2D eigenvalue weighted by atomic mass is 10.0. The highest BCUT2D eigenvalue weighted by Gasteiger charge is 2.06. The van der Waals surface area contributed by atoms with Gasteiger partial charge in [-0.05, 0) is 47.9 Å². The normalized spacial score (nSPS) is 10.5. The zero-order chi connectivity index (χ0) is 11.7. The molecule has 0 nitrogen and oxygen atoms in total. The van der Waals surface area contributed by atoms with E-state index in [2.05, 4.69) is 0 Å². The van der Waals surface area contributed by atoms with Crippen LogP contribution in [0.5, 0.6) is 0 Å².